The highest BCUT2D eigenvalue weighted by atomic mass is 16.5. The summed E-state index contributed by atoms with van der Waals surface area (Å²) in [4.78, 5) is 0. The van der Waals surface area contributed by atoms with Crippen LogP contribution in [-0.4, -0.2) is 15.8 Å². The first-order valence-electron chi connectivity index (χ1n) is 18.5. The van der Waals surface area contributed by atoms with Gasteiger partial charge in [-0.25, -0.2) is 0 Å². The van der Waals surface area contributed by atoms with Gasteiger partial charge in [0.15, 0.2) is 0 Å². The zero-order valence-corrected chi connectivity index (χ0v) is 30.5. The van der Waals surface area contributed by atoms with Gasteiger partial charge in [-0.15, -0.1) is 0 Å². The third kappa shape index (κ3) is 4.31. The lowest BCUT2D eigenvalue weighted by atomic mass is 9.35. The maximum absolute atomic E-state index is 6.86. The summed E-state index contributed by atoms with van der Waals surface area (Å²) >= 11 is 0. The lowest BCUT2D eigenvalue weighted by Crippen LogP contribution is -2.57. The van der Waals surface area contributed by atoms with Gasteiger partial charge in [-0.05, 0) is 89.3 Å². The monoisotopic (exact) mass is 684 g/mol. The Hall–Kier alpha value is -6.20. The molecule has 0 radical (unpaired) electrons. The fourth-order valence-electron chi connectivity index (χ4n) is 8.99. The summed E-state index contributed by atoms with van der Waals surface area (Å²) in [5.74, 6) is 3.49. The molecule has 2 aliphatic rings. The molecule has 11 rings (SSSR count). The van der Waals surface area contributed by atoms with Crippen molar-refractivity contribution in [2.45, 2.75) is 40.0 Å². The lowest BCUT2D eigenvalue weighted by Gasteiger charge is -2.33. The number of hydrogen-bond acceptors (Lipinski definition) is 2. The van der Waals surface area contributed by atoms with Crippen LogP contribution >= 0.6 is 0 Å². The second-order valence-electron chi connectivity index (χ2n) is 15.9. The Bertz CT molecular complexity index is 2940. The summed E-state index contributed by atoms with van der Waals surface area (Å²) < 4.78 is 18.6. The lowest BCUT2D eigenvalue weighted by molar-refractivity contribution is 0.464. The van der Waals surface area contributed by atoms with Gasteiger partial charge < -0.3 is 18.6 Å². The molecule has 5 heteroatoms. The maximum atomic E-state index is 6.86. The van der Waals surface area contributed by atoms with Crippen LogP contribution in [0, 0.1) is 13.8 Å². The number of aryl methyl sites for hydroxylation is 2. The van der Waals surface area contributed by atoms with Crippen LogP contribution in [0.5, 0.6) is 23.0 Å². The molecule has 4 heterocycles. The van der Waals surface area contributed by atoms with Gasteiger partial charge >= 0.3 is 0 Å². The molecule has 0 saturated carbocycles. The SMILES string of the molecule is Cc1ccc2c(c1)Oc1cc(-n3c4ccccc4c4ccc5c(c6ccccc6n5-c5ccc(C(C)(C)C)cc5)c43)cc3c1B2c1ccc(C)cc1O3. The van der Waals surface area contributed by atoms with E-state index >= 15 is 0 Å². The minimum Gasteiger partial charge on any atom is -0.458 e. The number of rotatable bonds is 2. The molecule has 2 aliphatic heterocycles. The second kappa shape index (κ2) is 10.7. The minimum atomic E-state index is 0.0234. The average molecular weight is 685 g/mol. The van der Waals surface area contributed by atoms with Crippen molar-refractivity contribution >= 4 is 66.7 Å². The number of benzene rings is 7. The molecule has 0 atom stereocenters. The summed E-state index contributed by atoms with van der Waals surface area (Å²) in [6, 6.07) is 48.9. The topological polar surface area (TPSA) is 28.3 Å². The maximum Gasteiger partial charge on any atom is 0.260 e. The van der Waals surface area contributed by atoms with Crippen molar-refractivity contribution < 1.29 is 9.47 Å². The fraction of sp³-hybridized carbons (Fsp3) is 0.125. The van der Waals surface area contributed by atoms with Crippen molar-refractivity contribution in [3.63, 3.8) is 0 Å². The zero-order chi connectivity index (χ0) is 35.7. The third-order valence-corrected chi connectivity index (χ3v) is 11.5. The van der Waals surface area contributed by atoms with E-state index in [9.17, 15) is 0 Å². The van der Waals surface area contributed by atoms with Gasteiger partial charge in [-0.2, -0.15) is 0 Å². The van der Waals surface area contributed by atoms with Crippen LogP contribution in [0.1, 0.15) is 37.5 Å². The van der Waals surface area contributed by atoms with Crippen LogP contribution in [0.2, 0.25) is 0 Å². The Kier molecular flexibility index (Phi) is 6.13. The number of ether oxygens (including phenoxy) is 2. The molecule has 0 aliphatic carbocycles. The Morgan fingerprint density at radius 2 is 1.08 bits per heavy atom. The molecule has 0 unspecified atom stereocenters. The Labute approximate surface area is 308 Å². The predicted octanol–water partition coefficient (Wildman–Crippen LogP) is 10.5. The fourth-order valence-corrected chi connectivity index (χ4v) is 8.99. The molecule has 0 amide bonds. The van der Waals surface area contributed by atoms with E-state index in [0.717, 1.165) is 45.4 Å². The number of nitrogens with zero attached hydrogens (tertiary/aromatic N) is 2. The van der Waals surface area contributed by atoms with Crippen molar-refractivity contribution in [1.82, 2.24) is 9.13 Å². The zero-order valence-electron chi connectivity index (χ0n) is 30.5. The van der Waals surface area contributed by atoms with Crippen LogP contribution in [-0.2, 0) is 5.41 Å². The standard InChI is InChI=1S/C48H37BN2O2/c1-28-14-21-36-41(24-28)52-43-26-32(27-44-46(43)49(36)37-22-15-29(2)25-42(37)53-44)51-38-12-8-6-10-33(38)34-20-23-40-45(47(34)51)35-11-7-9-13-39(35)50(40)31-18-16-30(17-19-31)48(3,4)5/h6-27H,1-5H3. The summed E-state index contributed by atoms with van der Waals surface area (Å²) in [5.41, 5.74) is 14.0. The van der Waals surface area contributed by atoms with Crippen molar-refractivity contribution in [3.8, 4) is 34.4 Å². The number of aromatic nitrogens is 2. The van der Waals surface area contributed by atoms with Gasteiger partial charge in [0.1, 0.15) is 23.0 Å². The van der Waals surface area contributed by atoms with Crippen LogP contribution in [0.3, 0.4) is 0 Å². The number of para-hydroxylation sites is 2. The molecule has 0 N–H and O–H groups in total. The van der Waals surface area contributed by atoms with Gasteiger partial charge in [-0.1, -0.05) is 99.6 Å². The summed E-state index contributed by atoms with van der Waals surface area (Å²) in [7, 11) is 0. The molecule has 0 spiro atoms. The molecule has 254 valence electrons. The average Bonchev–Trinajstić information content (AvgIpc) is 3.67. The molecule has 2 aromatic heterocycles. The number of fused-ring (bicyclic) bond motifs is 11. The second-order valence-corrected chi connectivity index (χ2v) is 15.9. The Morgan fingerprint density at radius 1 is 0.491 bits per heavy atom. The van der Waals surface area contributed by atoms with Gasteiger partial charge in [0.2, 0.25) is 0 Å². The molecule has 53 heavy (non-hydrogen) atoms. The van der Waals surface area contributed by atoms with Crippen molar-refractivity contribution in [2.75, 3.05) is 0 Å². The van der Waals surface area contributed by atoms with E-state index in [-0.39, 0.29) is 12.1 Å². The van der Waals surface area contributed by atoms with Gasteiger partial charge in [0.05, 0.1) is 27.8 Å². The van der Waals surface area contributed by atoms with E-state index < -0.39 is 0 Å². The van der Waals surface area contributed by atoms with Gasteiger partial charge in [0.25, 0.3) is 6.71 Å². The molecule has 0 fully saturated rings. The highest BCUT2D eigenvalue weighted by molar-refractivity contribution is 6.98. The first-order chi connectivity index (χ1) is 25.7. The minimum absolute atomic E-state index is 0.0234. The Balaban J connectivity index is 1.22. The molecule has 0 saturated heterocycles. The van der Waals surface area contributed by atoms with Crippen molar-refractivity contribution in [3.05, 3.63) is 150 Å². The molecule has 4 nitrogen and oxygen atoms in total. The van der Waals surface area contributed by atoms with E-state index in [1.54, 1.807) is 0 Å². The molecule has 7 aromatic carbocycles. The predicted molar refractivity (Wildman–Crippen MR) is 221 cm³/mol. The smallest absolute Gasteiger partial charge is 0.260 e. The molecular formula is C48H37BN2O2. The van der Waals surface area contributed by atoms with E-state index in [1.165, 1.54) is 65.7 Å². The largest absolute Gasteiger partial charge is 0.458 e. The van der Waals surface area contributed by atoms with E-state index in [0.29, 0.717) is 0 Å². The van der Waals surface area contributed by atoms with Crippen LogP contribution in [0.25, 0.3) is 55.0 Å². The summed E-state index contributed by atoms with van der Waals surface area (Å²) in [6.07, 6.45) is 0. The highest BCUT2D eigenvalue weighted by Gasteiger charge is 2.40. The molecular weight excluding hydrogens is 647 g/mol. The first-order valence-corrected chi connectivity index (χ1v) is 18.5. The first kappa shape index (κ1) is 30.4. The van der Waals surface area contributed by atoms with Gasteiger partial charge in [-0.3, -0.25) is 0 Å². The molecule has 0 bridgehead atoms. The van der Waals surface area contributed by atoms with Gasteiger partial charge in [0, 0.05) is 44.8 Å². The normalized spacial score (nSPS) is 13.3. The quantitative estimate of drug-likeness (QED) is 0.170. The van der Waals surface area contributed by atoms with Crippen LogP contribution in [0.4, 0.5) is 0 Å². The van der Waals surface area contributed by atoms with E-state index in [1.807, 2.05) is 0 Å². The van der Waals surface area contributed by atoms with Crippen molar-refractivity contribution in [1.29, 1.82) is 0 Å². The van der Waals surface area contributed by atoms with Crippen LogP contribution < -0.4 is 25.9 Å². The van der Waals surface area contributed by atoms with Crippen LogP contribution in [0.15, 0.2) is 133 Å². The van der Waals surface area contributed by atoms with E-state index in [2.05, 4.69) is 177 Å². The number of hydrogen-bond donors (Lipinski definition) is 0. The van der Waals surface area contributed by atoms with Crippen molar-refractivity contribution in [2.24, 2.45) is 0 Å². The summed E-state index contributed by atoms with van der Waals surface area (Å²) in [5, 5.41) is 4.87. The summed E-state index contributed by atoms with van der Waals surface area (Å²) in [6.45, 7) is 11.1. The third-order valence-electron chi connectivity index (χ3n) is 11.5. The molecule has 9 aromatic rings. The van der Waals surface area contributed by atoms with E-state index in [4.69, 9.17) is 9.47 Å². The Morgan fingerprint density at radius 3 is 1.70 bits per heavy atom. The highest BCUT2D eigenvalue weighted by Crippen LogP contribution is 2.44.